The van der Waals surface area contributed by atoms with Gasteiger partial charge in [0.25, 0.3) is 0 Å². The molecule has 0 aliphatic rings. The van der Waals surface area contributed by atoms with Crippen LogP contribution in [0.5, 0.6) is 0 Å². The van der Waals surface area contributed by atoms with Crippen molar-refractivity contribution in [3.8, 4) is 0 Å². The Morgan fingerprint density at radius 3 is 2.44 bits per heavy atom. The van der Waals surface area contributed by atoms with Crippen LogP contribution in [-0.2, 0) is 23.6 Å². The third-order valence-electron chi connectivity index (χ3n) is 2.76. The van der Waals surface area contributed by atoms with Crippen molar-refractivity contribution in [2.24, 2.45) is 7.05 Å². The van der Waals surface area contributed by atoms with Crippen LogP contribution in [0.15, 0.2) is 47.5 Å². The lowest BCUT2D eigenvalue weighted by molar-refractivity contribution is 0.453. The Balaban J connectivity index is 2.24. The van der Waals surface area contributed by atoms with Crippen molar-refractivity contribution < 1.29 is 8.42 Å². The third-order valence-corrected chi connectivity index (χ3v) is 4.58. The standard InChI is InChI=1S/C12H15N3O2S/c1-14(10-11-8-9-13-15(11)2)18(16,17)12-6-4-3-5-7-12/h3-9H,10H2,1-2H3. The molecule has 0 atom stereocenters. The molecule has 0 aliphatic carbocycles. The zero-order valence-corrected chi connectivity index (χ0v) is 11.1. The van der Waals surface area contributed by atoms with Crippen LogP contribution in [0.1, 0.15) is 5.69 Å². The minimum atomic E-state index is -3.44. The number of benzene rings is 1. The van der Waals surface area contributed by atoms with E-state index in [9.17, 15) is 8.42 Å². The Kier molecular flexibility index (Phi) is 3.49. The van der Waals surface area contributed by atoms with Crippen LogP contribution in [0.3, 0.4) is 0 Å². The summed E-state index contributed by atoms with van der Waals surface area (Å²) in [7, 11) is -0.0848. The first kappa shape index (κ1) is 12.8. The van der Waals surface area contributed by atoms with Crippen LogP contribution in [0, 0.1) is 0 Å². The van der Waals surface area contributed by atoms with Gasteiger partial charge in [-0.15, -0.1) is 0 Å². The molecular weight excluding hydrogens is 250 g/mol. The molecule has 96 valence electrons. The fraction of sp³-hybridized carbons (Fsp3) is 0.250. The number of sulfonamides is 1. The predicted molar refractivity (Wildman–Crippen MR) is 68.3 cm³/mol. The molecule has 1 aromatic carbocycles. The Hall–Kier alpha value is -1.66. The number of nitrogens with zero attached hydrogens (tertiary/aromatic N) is 3. The van der Waals surface area contributed by atoms with Crippen LogP contribution in [0.25, 0.3) is 0 Å². The summed E-state index contributed by atoms with van der Waals surface area (Å²) in [5, 5.41) is 4.02. The Labute approximate surface area is 107 Å². The first-order chi connectivity index (χ1) is 8.51. The smallest absolute Gasteiger partial charge is 0.243 e. The quantitative estimate of drug-likeness (QED) is 0.835. The number of rotatable bonds is 4. The van der Waals surface area contributed by atoms with Crippen molar-refractivity contribution in [3.05, 3.63) is 48.3 Å². The molecular formula is C12H15N3O2S. The van der Waals surface area contributed by atoms with Gasteiger partial charge in [-0.25, -0.2) is 8.42 Å². The Bertz CT molecular complexity index is 620. The molecule has 0 aliphatic heterocycles. The fourth-order valence-electron chi connectivity index (χ4n) is 1.64. The molecule has 0 N–H and O–H groups in total. The van der Waals surface area contributed by atoms with Crippen molar-refractivity contribution in [3.63, 3.8) is 0 Å². The molecule has 0 radical (unpaired) electrons. The van der Waals surface area contributed by atoms with E-state index in [2.05, 4.69) is 5.10 Å². The molecule has 2 aromatic rings. The van der Waals surface area contributed by atoms with Crippen LogP contribution < -0.4 is 0 Å². The second kappa shape index (κ2) is 4.91. The van der Waals surface area contributed by atoms with Gasteiger partial charge in [0.1, 0.15) is 0 Å². The predicted octanol–water partition coefficient (Wildman–Crippen LogP) is 1.24. The third kappa shape index (κ3) is 2.44. The molecule has 5 nitrogen and oxygen atoms in total. The Morgan fingerprint density at radius 2 is 1.89 bits per heavy atom. The molecule has 1 heterocycles. The van der Waals surface area contributed by atoms with E-state index < -0.39 is 10.0 Å². The lowest BCUT2D eigenvalue weighted by Gasteiger charge is -2.17. The second-order valence-corrected chi connectivity index (χ2v) is 6.07. The highest BCUT2D eigenvalue weighted by Crippen LogP contribution is 2.15. The zero-order valence-electron chi connectivity index (χ0n) is 10.3. The van der Waals surface area contributed by atoms with E-state index in [1.165, 1.54) is 4.31 Å². The lowest BCUT2D eigenvalue weighted by Crippen LogP contribution is -2.27. The van der Waals surface area contributed by atoms with E-state index in [1.54, 1.807) is 61.4 Å². The number of aryl methyl sites for hydroxylation is 1. The van der Waals surface area contributed by atoms with Gasteiger partial charge >= 0.3 is 0 Å². The molecule has 0 saturated heterocycles. The highest BCUT2D eigenvalue weighted by molar-refractivity contribution is 7.89. The van der Waals surface area contributed by atoms with Gasteiger partial charge in [-0.05, 0) is 18.2 Å². The fourth-order valence-corrected chi connectivity index (χ4v) is 2.81. The monoisotopic (exact) mass is 265 g/mol. The summed E-state index contributed by atoms with van der Waals surface area (Å²) >= 11 is 0. The van der Waals surface area contributed by atoms with Crippen molar-refractivity contribution in [2.75, 3.05) is 7.05 Å². The van der Waals surface area contributed by atoms with E-state index in [1.807, 2.05) is 0 Å². The SMILES string of the molecule is CN(Cc1ccnn1C)S(=O)(=O)c1ccccc1. The summed E-state index contributed by atoms with van der Waals surface area (Å²) in [6.07, 6.45) is 1.65. The van der Waals surface area contributed by atoms with Gasteiger partial charge in [0.2, 0.25) is 10.0 Å². The van der Waals surface area contributed by atoms with Gasteiger partial charge in [0.05, 0.1) is 17.1 Å². The van der Waals surface area contributed by atoms with E-state index in [0.29, 0.717) is 11.4 Å². The molecule has 0 fully saturated rings. The van der Waals surface area contributed by atoms with Gasteiger partial charge in [0.15, 0.2) is 0 Å². The molecule has 2 rings (SSSR count). The van der Waals surface area contributed by atoms with E-state index in [4.69, 9.17) is 0 Å². The normalized spacial score (nSPS) is 11.9. The number of hydrogen-bond donors (Lipinski definition) is 0. The zero-order chi connectivity index (χ0) is 13.2. The van der Waals surface area contributed by atoms with Crippen LogP contribution >= 0.6 is 0 Å². The summed E-state index contributed by atoms with van der Waals surface area (Å²) in [6.45, 7) is 0.299. The highest BCUT2D eigenvalue weighted by Gasteiger charge is 2.21. The summed E-state index contributed by atoms with van der Waals surface area (Å²) < 4.78 is 27.5. The molecule has 0 unspecified atom stereocenters. The summed E-state index contributed by atoms with van der Waals surface area (Å²) in [5.41, 5.74) is 0.844. The first-order valence-electron chi connectivity index (χ1n) is 5.50. The minimum Gasteiger partial charge on any atom is -0.271 e. The van der Waals surface area contributed by atoms with Crippen molar-refractivity contribution in [1.29, 1.82) is 0 Å². The molecule has 1 aromatic heterocycles. The average Bonchev–Trinajstić information content (AvgIpc) is 2.76. The molecule has 18 heavy (non-hydrogen) atoms. The molecule has 6 heteroatoms. The maximum atomic E-state index is 12.3. The topological polar surface area (TPSA) is 55.2 Å². The molecule has 0 spiro atoms. The summed E-state index contributed by atoms with van der Waals surface area (Å²) in [4.78, 5) is 0.301. The van der Waals surface area contributed by atoms with Crippen molar-refractivity contribution in [1.82, 2.24) is 14.1 Å². The largest absolute Gasteiger partial charge is 0.271 e. The molecule has 0 saturated carbocycles. The van der Waals surface area contributed by atoms with Crippen LogP contribution in [0.2, 0.25) is 0 Å². The van der Waals surface area contributed by atoms with Crippen molar-refractivity contribution in [2.45, 2.75) is 11.4 Å². The van der Waals surface area contributed by atoms with E-state index in [0.717, 1.165) is 5.69 Å². The van der Waals surface area contributed by atoms with Gasteiger partial charge in [0, 0.05) is 20.3 Å². The van der Waals surface area contributed by atoms with Crippen molar-refractivity contribution >= 4 is 10.0 Å². The van der Waals surface area contributed by atoms with E-state index >= 15 is 0 Å². The lowest BCUT2D eigenvalue weighted by atomic mass is 10.4. The maximum Gasteiger partial charge on any atom is 0.243 e. The molecule has 0 bridgehead atoms. The van der Waals surface area contributed by atoms with Gasteiger partial charge in [-0.3, -0.25) is 4.68 Å². The summed E-state index contributed by atoms with van der Waals surface area (Å²) in [6, 6.07) is 10.2. The van der Waals surface area contributed by atoms with Crippen LogP contribution in [-0.4, -0.2) is 29.6 Å². The average molecular weight is 265 g/mol. The Morgan fingerprint density at radius 1 is 1.22 bits per heavy atom. The highest BCUT2D eigenvalue weighted by atomic mass is 32.2. The second-order valence-electron chi connectivity index (χ2n) is 4.02. The summed E-state index contributed by atoms with van der Waals surface area (Å²) in [5.74, 6) is 0. The van der Waals surface area contributed by atoms with Gasteiger partial charge in [-0.2, -0.15) is 9.40 Å². The van der Waals surface area contributed by atoms with E-state index in [-0.39, 0.29) is 0 Å². The molecule has 0 amide bonds. The van der Waals surface area contributed by atoms with Gasteiger partial charge in [-0.1, -0.05) is 18.2 Å². The van der Waals surface area contributed by atoms with Gasteiger partial charge < -0.3 is 0 Å². The minimum absolute atomic E-state index is 0.299. The maximum absolute atomic E-state index is 12.3. The number of hydrogen-bond acceptors (Lipinski definition) is 3. The number of aromatic nitrogens is 2. The first-order valence-corrected chi connectivity index (χ1v) is 6.94. The van der Waals surface area contributed by atoms with Crippen LogP contribution in [0.4, 0.5) is 0 Å².